The fraction of sp³-hybridized carbons (Fsp3) is 0.188. The van der Waals surface area contributed by atoms with Gasteiger partial charge in [0.05, 0.1) is 6.04 Å². The molecule has 3 N–H and O–H groups in total. The van der Waals surface area contributed by atoms with Crippen LogP contribution in [0.15, 0.2) is 42.5 Å². The van der Waals surface area contributed by atoms with Crippen LogP contribution in [0.4, 0.5) is 5.69 Å². The van der Waals surface area contributed by atoms with Crippen LogP contribution < -0.4 is 11.1 Å². The molecule has 2 aromatic rings. The maximum atomic E-state index is 12.2. The van der Waals surface area contributed by atoms with Gasteiger partial charge >= 0.3 is 0 Å². The number of nitrogens with two attached hydrogens (primary N) is 1. The minimum atomic E-state index is -0.107. The molecule has 0 fully saturated rings. The first-order valence-corrected chi connectivity index (χ1v) is 6.77. The van der Waals surface area contributed by atoms with Crippen LogP contribution in [-0.2, 0) is 0 Å². The number of halogens is 1. The van der Waals surface area contributed by atoms with E-state index in [1.807, 2.05) is 38.1 Å². The van der Waals surface area contributed by atoms with Gasteiger partial charge in [-0.05, 0) is 55.3 Å². The van der Waals surface area contributed by atoms with Crippen LogP contribution in [0, 0.1) is 6.92 Å². The van der Waals surface area contributed by atoms with Gasteiger partial charge in [0.15, 0.2) is 0 Å². The molecule has 0 saturated heterocycles. The molecule has 0 bridgehead atoms. The van der Waals surface area contributed by atoms with E-state index in [2.05, 4.69) is 5.32 Å². The molecule has 0 heterocycles. The number of rotatable bonds is 3. The molecule has 2 aromatic carbocycles. The zero-order valence-corrected chi connectivity index (χ0v) is 12.2. The number of hydrogen-bond donors (Lipinski definition) is 2. The highest BCUT2D eigenvalue weighted by molar-refractivity contribution is 6.30. The fourth-order valence-electron chi connectivity index (χ4n) is 2.05. The summed E-state index contributed by atoms with van der Waals surface area (Å²) in [5.74, 6) is -0.107. The van der Waals surface area contributed by atoms with E-state index in [-0.39, 0.29) is 11.9 Å². The smallest absolute Gasteiger partial charge is 0.252 e. The van der Waals surface area contributed by atoms with Crippen molar-refractivity contribution in [2.45, 2.75) is 19.9 Å². The number of nitrogen functional groups attached to an aromatic ring is 1. The average Bonchev–Trinajstić information content (AvgIpc) is 2.39. The molecule has 20 heavy (non-hydrogen) atoms. The molecule has 0 spiro atoms. The Morgan fingerprint density at radius 2 is 1.85 bits per heavy atom. The predicted molar refractivity (Wildman–Crippen MR) is 82.9 cm³/mol. The zero-order chi connectivity index (χ0) is 14.7. The number of benzene rings is 2. The third-order valence-electron chi connectivity index (χ3n) is 3.21. The van der Waals surface area contributed by atoms with E-state index in [9.17, 15) is 4.79 Å². The summed E-state index contributed by atoms with van der Waals surface area (Å²) in [5.41, 5.74) is 8.86. The highest BCUT2D eigenvalue weighted by Crippen LogP contribution is 2.18. The second-order valence-corrected chi connectivity index (χ2v) is 5.26. The Bertz CT molecular complexity index is 623. The number of anilines is 1. The maximum Gasteiger partial charge on any atom is 0.252 e. The van der Waals surface area contributed by atoms with E-state index < -0.39 is 0 Å². The molecule has 0 aliphatic carbocycles. The monoisotopic (exact) mass is 288 g/mol. The standard InChI is InChI=1S/C16H17ClN2O/c1-10-9-14(18)7-8-15(10)16(20)19-11(2)12-3-5-13(17)6-4-12/h3-9,11H,18H2,1-2H3,(H,19,20). The van der Waals surface area contributed by atoms with E-state index in [0.29, 0.717) is 16.3 Å². The molecule has 1 atom stereocenters. The van der Waals surface area contributed by atoms with Gasteiger partial charge in [0.1, 0.15) is 0 Å². The molecule has 0 aliphatic heterocycles. The average molecular weight is 289 g/mol. The van der Waals surface area contributed by atoms with Gasteiger partial charge in [0.2, 0.25) is 0 Å². The van der Waals surface area contributed by atoms with E-state index in [1.54, 1.807) is 18.2 Å². The summed E-state index contributed by atoms with van der Waals surface area (Å²) >= 11 is 5.85. The summed E-state index contributed by atoms with van der Waals surface area (Å²) in [6, 6.07) is 12.6. The van der Waals surface area contributed by atoms with Crippen LogP contribution >= 0.6 is 11.6 Å². The minimum Gasteiger partial charge on any atom is -0.399 e. The van der Waals surface area contributed by atoms with Gasteiger partial charge in [-0.15, -0.1) is 0 Å². The number of hydrogen-bond acceptors (Lipinski definition) is 2. The first-order valence-electron chi connectivity index (χ1n) is 6.40. The van der Waals surface area contributed by atoms with Crippen molar-refractivity contribution in [3.63, 3.8) is 0 Å². The Morgan fingerprint density at radius 3 is 2.45 bits per heavy atom. The first-order chi connectivity index (χ1) is 9.47. The van der Waals surface area contributed by atoms with Crippen molar-refractivity contribution in [1.29, 1.82) is 0 Å². The van der Waals surface area contributed by atoms with Crippen molar-refractivity contribution in [1.82, 2.24) is 5.32 Å². The van der Waals surface area contributed by atoms with Crippen molar-refractivity contribution in [2.24, 2.45) is 0 Å². The lowest BCUT2D eigenvalue weighted by atomic mass is 10.1. The molecule has 0 saturated carbocycles. The summed E-state index contributed by atoms with van der Waals surface area (Å²) < 4.78 is 0. The number of carbonyl (C=O) groups is 1. The van der Waals surface area contributed by atoms with E-state index in [1.165, 1.54) is 0 Å². The fourth-order valence-corrected chi connectivity index (χ4v) is 2.18. The Hall–Kier alpha value is -2.00. The van der Waals surface area contributed by atoms with Gasteiger partial charge in [-0.3, -0.25) is 4.79 Å². The van der Waals surface area contributed by atoms with E-state index in [0.717, 1.165) is 11.1 Å². The number of aryl methyl sites for hydroxylation is 1. The van der Waals surface area contributed by atoms with Crippen LogP contribution in [0.1, 0.15) is 34.5 Å². The normalized spacial score (nSPS) is 11.9. The number of nitrogens with one attached hydrogen (secondary N) is 1. The number of carbonyl (C=O) groups excluding carboxylic acids is 1. The minimum absolute atomic E-state index is 0.0864. The lowest BCUT2D eigenvalue weighted by Gasteiger charge is -2.15. The largest absolute Gasteiger partial charge is 0.399 e. The highest BCUT2D eigenvalue weighted by Gasteiger charge is 2.13. The van der Waals surface area contributed by atoms with Gasteiger partial charge < -0.3 is 11.1 Å². The lowest BCUT2D eigenvalue weighted by Crippen LogP contribution is -2.27. The SMILES string of the molecule is Cc1cc(N)ccc1C(=O)NC(C)c1ccc(Cl)cc1. The third-order valence-corrected chi connectivity index (χ3v) is 3.46. The Labute approximate surface area is 123 Å². The number of amides is 1. The second-order valence-electron chi connectivity index (χ2n) is 4.82. The van der Waals surface area contributed by atoms with Crippen molar-refractivity contribution in [2.75, 3.05) is 5.73 Å². The molecule has 4 heteroatoms. The maximum absolute atomic E-state index is 12.2. The van der Waals surface area contributed by atoms with Crippen molar-refractivity contribution >= 4 is 23.2 Å². The molecular formula is C16H17ClN2O. The summed E-state index contributed by atoms with van der Waals surface area (Å²) in [4.78, 5) is 12.2. The molecule has 3 nitrogen and oxygen atoms in total. The van der Waals surface area contributed by atoms with Crippen LogP contribution in [0.25, 0.3) is 0 Å². The third kappa shape index (κ3) is 3.31. The van der Waals surface area contributed by atoms with Gasteiger partial charge in [0, 0.05) is 16.3 Å². The lowest BCUT2D eigenvalue weighted by molar-refractivity contribution is 0.0939. The zero-order valence-electron chi connectivity index (χ0n) is 11.5. The van der Waals surface area contributed by atoms with Crippen molar-refractivity contribution in [3.05, 3.63) is 64.2 Å². The summed E-state index contributed by atoms with van der Waals surface area (Å²) in [5, 5.41) is 3.65. The van der Waals surface area contributed by atoms with Crippen molar-refractivity contribution < 1.29 is 4.79 Å². The Kier molecular flexibility index (Phi) is 4.30. The Balaban J connectivity index is 2.13. The van der Waals surface area contributed by atoms with Crippen molar-refractivity contribution in [3.8, 4) is 0 Å². The van der Waals surface area contributed by atoms with Crippen LogP contribution in [-0.4, -0.2) is 5.91 Å². The molecule has 104 valence electrons. The molecule has 0 aliphatic rings. The molecule has 1 unspecified atom stereocenters. The van der Waals surface area contributed by atoms with Gasteiger partial charge in [-0.25, -0.2) is 0 Å². The second kappa shape index (κ2) is 5.97. The molecule has 0 radical (unpaired) electrons. The summed E-state index contributed by atoms with van der Waals surface area (Å²) in [6.45, 7) is 3.81. The Morgan fingerprint density at radius 1 is 1.20 bits per heavy atom. The predicted octanol–water partition coefficient (Wildman–Crippen LogP) is 3.72. The summed E-state index contributed by atoms with van der Waals surface area (Å²) in [6.07, 6.45) is 0. The van der Waals surface area contributed by atoms with Gasteiger partial charge in [0.25, 0.3) is 5.91 Å². The molecule has 1 amide bonds. The molecular weight excluding hydrogens is 272 g/mol. The molecule has 2 rings (SSSR count). The van der Waals surface area contributed by atoms with E-state index in [4.69, 9.17) is 17.3 Å². The highest BCUT2D eigenvalue weighted by atomic mass is 35.5. The van der Waals surface area contributed by atoms with Gasteiger partial charge in [-0.2, -0.15) is 0 Å². The molecule has 0 aromatic heterocycles. The summed E-state index contributed by atoms with van der Waals surface area (Å²) in [7, 11) is 0. The topological polar surface area (TPSA) is 55.1 Å². The van der Waals surface area contributed by atoms with Crippen LogP contribution in [0.3, 0.4) is 0 Å². The van der Waals surface area contributed by atoms with Crippen LogP contribution in [0.2, 0.25) is 5.02 Å². The van der Waals surface area contributed by atoms with Gasteiger partial charge in [-0.1, -0.05) is 23.7 Å². The first kappa shape index (κ1) is 14.4. The van der Waals surface area contributed by atoms with Crippen LogP contribution in [0.5, 0.6) is 0 Å². The quantitative estimate of drug-likeness (QED) is 0.846. The van der Waals surface area contributed by atoms with E-state index >= 15 is 0 Å².